The minimum Gasteiger partial charge on any atom is -0.457 e. The van der Waals surface area contributed by atoms with E-state index in [9.17, 15) is 0 Å². The van der Waals surface area contributed by atoms with E-state index < -0.39 is 0 Å². The van der Waals surface area contributed by atoms with Crippen molar-refractivity contribution < 1.29 is 4.74 Å². The van der Waals surface area contributed by atoms with Gasteiger partial charge in [0, 0.05) is 5.69 Å². The number of nitrogens with zero attached hydrogens (tertiary/aromatic N) is 2. The first kappa shape index (κ1) is 14.6. The van der Waals surface area contributed by atoms with Crippen LogP contribution in [0.2, 0.25) is 0 Å². The number of hydrogen-bond donors (Lipinski definition) is 4. The highest BCUT2D eigenvalue weighted by Gasteiger charge is 2.07. The van der Waals surface area contributed by atoms with Crippen molar-refractivity contribution in [2.24, 2.45) is 5.84 Å². The fraction of sp³-hybridized carbons (Fsp3) is 0. The van der Waals surface area contributed by atoms with E-state index in [4.69, 9.17) is 16.3 Å². The topological polar surface area (TPSA) is 111 Å². The Kier molecular flexibility index (Phi) is 4.21. The van der Waals surface area contributed by atoms with Gasteiger partial charge in [0.05, 0.1) is 0 Å². The van der Waals surface area contributed by atoms with Crippen LogP contribution in [0.1, 0.15) is 0 Å². The fourth-order valence-corrected chi connectivity index (χ4v) is 1.98. The number of aromatic nitrogens is 2. The van der Waals surface area contributed by atoms with Crippen LogP contribution in [-0.2, 0) is 0 Å². The Balaban J connectivity index is 1.73. The molecule has 0 aliphatic carbocycles. The van der Waals surface area contributed by atoms with E-state index in [0.29, 0.717) is 17.3 Å². The molecule has 0 fully saturated rings. The zero-order valence-electron chi connectivity index (χ0n) is 12.2. The Bertz CT molecular complexity index is 776. The van der Waals surface area contributed by atoms with E-state index in [1.165, 1.54) is 6.33 Å². The molecule has 2 aromatic carbocycles. The van der Waals surface area contributed by atoms with Crippen molar-refractivity contribution in [3.63, 3.8) is 0 Å². The van der Waals surface area contributed by atoms with Crippen LogP contribution in [-0.4, -0.2) is 9.97 Å². The molecule has 0 aliphatic rings. The minimum atomic E-state index is 0.347. The summed E-state index contributed by atoms with van der Waals surface area (Å²) in [4.78, 5) is 8.03. The van der Waals surface area contributed by atoms with Gasteiger partial charge >= 0.3 is 0 Å². The van der Waals surface area contributed by atoms with Crippen molar-refractivity contribution in [3.8, 4) is 11.5 Å². The molecule has 7 heteroatoms. The third-order valence-electron chi connectivity index (χ3n) is 3.12. The zero-order chi connectivity index (χ0) is 16.1. The van der Waals surface area contributed by atoms with Gasteiger partial charge in [-0.3, -0.25) is 0 Å². The maximum atomic E-state index is 5.92. The van der Waals surface area contributed by atoms with Gasteiger partial charge in [0.1, 0.15) is 23.5 Å². The summed E-state index contributed by atoms with van der Waals surface area (Å²) in [6.45, 7) is 0. The van der Waals surface area contributed by atoms with Crippen molar-refractivity contribution >= 4 is 23.0 Å². The second-order valence-electron chi connectivity index (χ2n) is 4.69. The minimum absolute atomic E-state index is 0.347. The maximum absolute atomic E-state index is 5.92. The molecule has 0 spiro atoms. The lowest BCUT2D eigenvalue weighted by atomic mass is 10.3. The SMILES string of the molecule is NNc1ncnc(Nc2ccc(Oc3ccccc3)cc2)c1N. The first-order valence-electron chi connectivity index (χ1n) is 6.93. The van der Waals surface area contributed by atoms with Crippen LogP contribution >= 0.6 is 0 Å². The normalized spacial score (nSPS) is 10.1. The number of nitrogen functional groups attached to an aromatic ring is 2. The van der Waals surface area contributed by atoms with Gasteiger partial charge in [-0.2, -0.15) is 0 Å². The van der Waals surface area contributed by atoms with E-state index in [1.807, 2.05) is 54.6 Å². The van der Waals surface area contributed by atoms with Gasteiger partial charge in [0.15, 0.2) is 11.6 Å². The van der Waals surface area contributed by atoms with Gasteiger partial charge in [-0.25, -0.2) is 15.8 Å². The van der Waals surface area contributed by atoms with Crippen molar-refractivity contribution in [3.05, 3.63) is 60.9 Å². The van der Waals surface area contributed by atoms with E-state index in [1.54, 1.807) is 0 Å². The summed E-state index contributed by atoms with van der Waals surface area (Å²) in [5, 5.41) is 3.11. The van der Waals surface area contributed by atoms with Crippen LogP contribution in [0.3, 0.4) is 0 Å². The molecular weight excluding hydrogens is 292 g/mol. The molecule has 3 aromatic rings. The largest absolute Gasteiger partial charge is 0.457 e. The molecular formula is C16H16N6O. The predicted molar refractivity (Wildman–Crippen MR) is 90.5 cm³/mol. The zero-order valence-corrected chi connectivity index (χ0v) is 12.2. The molecule has 3 rings (SSSR count). The summed E-state index contributed by atoms with van der Waals surface area (Å²) < 4.78 is 5.74. The molecule has 1 heterocycles. The number of hydrazine groups is 1. The van der Waals surface area contributed by atoms with Gasteiger partial charge < -0.3 is 21.2 Å². The summed E-state index contributed by atoms with van der Waals surface area (Å²) in [5.41, 5.74) is 9.51. The predicted octanol–water partition coefficient (Wildman–Crippen LogP) is 2.88. The number of rotatable bonds is 5. The van der Waals surface area contributed by atoms with E-state index in [0.717, 1.165) is 17.2 Å². The standard InChI is InChI=1S/C16H16N6O/c17-14-15(19-10-20-16(14)22-18)21-11-6-8-13(9-7-11)23-12-4-2-1-3-5-12/h1-10H,17-18H2,(H2,19,20,21,22). The van der Waals surface area contributed by atoms with Gasteiger partial charge in [-0.1, -0.05) is 18.2 Å². The molecule has 23 heavy (non-hydrogen) atoms. The second kappa shape index (κ2) is 6.63. The van der Waals surface area contributed by atoms with Crippen LogP contribution in [0, 0.1) is 0 Å². The van der Waals surface area contributed by atoms with Crippen LogP contribution in [0.4, 0.5) is 23.0 Å². The Morgan fingerprint density at radius 2 is 1.48 bits per heavy atom. The summed E-state index contributed by atoms with van der Waals surface area (Å²) in [5.74, 6) is 7.71. The Labute approximate surface area is 133 Å². The average Bonchev–Trinajstić information content (AvgIpc) is 2.59. The third-order valence-corrected chi connectivity index (χ3v) is 3.12. The smallest absolute Gasteiger partial charge is 0.168 e. The molecule has 0 unspecified atom stereocenters. The quantitative estimate of drug-likeness (QED) is 0.423. The number of benzene rings is 2. The average molecular weight is 308 g/mol. The molecule has 1 aromatic heterocycles. The molecule has 6 N–H and O–H groups in total. The molecule has 0 aliphatic heterocycles. The molecule has 0 saturated carbocycles. The summed E-state index contributed by atoms with van der Waals surface area (Å²) >= 11 is 0. The fourth-order valence-electron chi connectivity index (χ4n) is 1.98. The van der Waals surface area contributed by atoms with Crippen LogP contribution in [0.15, 0.2) is 60.9 Å². The van der Waals surface area contributed by atoms with Crippen molar-refractivity contribution in [1.82, 2.24) is 9.97 Å². The molecule has 116 valence electrons. The molecule has 0 radical (unpaired) electrons. The number of anilines is 4. The first-order valence-corrected chi connectivity index (χ1v) is 6.93. The number of ether oxygens (including phenoxy) is 1. The van der Waals surface area contributed by atoms with Crippen molar-refractivity contribution in [2.45, 2.75) is 0 Å². The highest BCUT2D eigenvalue weighted by atomic mass is 16.5. The van der Waals surface area contributed by atoms with E-state index in [2.05, 4.69) is 20.7 Å². The highest BCUT2D eigenvalue weighted by molar-refractivity contribution is 5.77. The summed E-state index contributed by atoms with van der Waals surface area (Å²) in [6, 6.07) is 17.0. The number of nitrogens with one attached hydrogen (secondary N) is 2. The number of hydrogen-bond acceptors (Lipinski definition) is 7. The van der Waals surface area contributed by atoms with Crippen molar-refractivity contribution in [1.29, 1.82) is 0 Å². The van der Waals surface area contributed by atoms with Crippen molar-refractivity contribution in [2.75, 3.05) is 16.5 Å². The molecule has 0 bridgehead atoms. The van der Waals surface area contributed by atoms with E-state index >= 15 is 0 Å². The monoisotopic (exact) mass is 308 g/mol. The van der Waals surface area contributed by atoms with Gasteiger partial charge in [-0.05, 0) is 36.4 Å². The molecule has 0 saturated heterocycles. The Hall–Kier alpha value is -3.32. The first-order chi connectivity index (χ1) is 11.3. The maximum Gasteiger partial charge on any atom is 0.168 e. The molecule has 7 nitrogen and oxygen atoms in total. The number of nitrogens with two attached hydrogens (primary N) is 2. The van der Waals surface area contributed by atoms with Gasteiger partial charge in [-0.15, -0.1) is 0 Å². The molecule has 0 amide bonds. The second-order valence-corrected chi connectivity index (χ2v) is 4.69. The van der Waals surface area contributed by atoms with Crippen LogP contribution in [0.25, 0.3) is 0 Å². The van der Waals surface area contributed by atoms with Crippen LogP contribution in [0.5, 0.6) is 11.5 Å². The summed E-state index contributed by atoms with van der Waals surface area (Å²) in [7, 11) is 0. The highest BCUT2D eigenvalue weighted by Crippen LogP contribution is 2.27. The third kappa shape index (κ3) is 3.47. The van der Waals surface area contributed by atoms with E-state index in [-0.39, 0.29) is 0 Å². The summed E-state index contributed by atoms with van der Waals surface area (Å²) in [6.07, 6.45) is 1.38. The Morgan fingerprint density at radius 3 is 2.17 bits per heavy atom. The van der Waals surface area contributed by atoms with Crippen LogP contribution < -0.4 is 27.1 Å². The lowest BCUT2D eigenvalue weighted by molar-refractivity contribution is 0.483. The number of para-hydroxylation sites is 1. The Morgan fingerprint density at radius 1 is 0.826 bits per heavy atom. The van der Waals surface area contributed by atoms with Gasteiger partial charge in [0.25, 0.3) is 0 Å². The lowest BCUT2D eigenvalue weighted by Crippen LogP contribution is -2.12. The molecule has 0 atom stereocenters. The van der Waals surface area contributed by atoms with Gasteiger partial charge in [0.2, 0.25) is 0 Å². The lowest BCUT2D eigenvalue weighted by Gasteiger charge is -2.11.